The minimum absolute atomic E-state index is 0.102. The van der Waals surface area contributed by atoms with Gasteiger partial charge in [-0.15, -0.1) is 0 Å². The molecule has 0 atom stereocenters. The molecule has 2 aromatic carbocycles. The molecular weight excluding hydrogens is 455 g/mol. The zero-order valence-electron chi connectivity index (χ0n) is 14.5. The Balaban J connectivity index is 0.000000283. The molecule has 0 radical (unpaired) electrons. The molecule has 28 heavy (non-hydrogen) atoms. The Labute approximate surface area is 171 Å². The van der Waals surface area contributed by atoms with Gasteiger partial charge in [-0.1, -0.05) is 23.2 Å². The first-order chi connectivity index (χ1) is 12.9. The number of anilines is 1. The van der Waals surface area contributed by atoms with Gasteiger partial charge in [-0.05, 0) is 44.4 Å². The number of sulfonamides is 2. The Kier molecular flexibility index (Phi) is 8.16. The first-order valence-electron chi connectivity index (χ1n) is 7.21. The topological polar surface area (TPSA) is 162 Å². The molecule has 0 aliphatic heterocycles. The van der Waals surface area contributed by atoms with Crippen molar-refractivity contribution in [3.8, 4) is 0 Å². The Morgan fingerprint density at radius 3 is 1.71 bits per heavy atom. The van der Waals surface area contributed by atoms with E-state index in [4.69, 9.17) is 28.9 Å². The van der Waals surface area contributed by atoms with Crippen LogP contribution >= 0.6 is 23.2 Å². The maximum Gasteiger partial charge on any atom is 0.289 e. The molecule has 0 bridgehead atoms. The molecule has 2 aromatic rings. The molecule has 2 rings (SSSR count). The molecule has 0 aliphatic rings. The Morgan fingerprint density at radius 2 is 1.32 bits per heavy atom. The van der Waals surface area contributed by atoms with E-state index in [1.807, 2.05) is 4.72 Å². The van der Waals surface area contributed by atoms with Crippen LogP contribution in [0, 0.1) is 10.1 Å². The maximum absolute atomic E-state index is 11.3. The van der Waals surface area contributed by atoms with E-state index < -0.39 is 30.7 Å². The lowest BCUT2D eigenvalue weighted by atomic mass is 10.3. The molecule has 4 N–H and O–H groups in total. The third-order valence-electron chi connectivity index (χ3n) is 3.24. The number of rotatable bonds is 5. The van der Waals surface area contributed by atoms with E-state index in [0.29, 0.717) is 5.02 Å². The van der Waals surface area contributed by atoms with Crippen LogP contribution in [0.25, 0.3) is 0 Å². The van der Waals surface area contributed by atoms with Gasteiger partial charge >= 0.3 is 0 Å². The zero-order valence-corrected chi connectivity index (χ0v) is 17.7. The van der Waals surface area contributed by atoms with Crippen molar-refractivity contribution in [1.29, 1.82) is 0 Å². The molecule has 14 heteroatoms. The smallest absolute Gasteiger partial charge is 0.289 e. The number of nitrogens with zero attached hydrogens (tertiary/aromatic N) is 1. The first-order valence-corrected chi connectivity index (χ1v) is 10.9. The van der Waals surface area contributed by atoms with Crippen LogP contribution in [0.3, 0.4) is 0 Å². The van der Waals surface area contributed by atoms with Crippen LogP contribution in [-0.2, 0) is 20.0 Å². The van der Waals surface area contributed by atoms with Gasteiger partial charge in [0.15, 0.2) is 0 Å². The second-order valence-electron chi connectivity index (χ2n) is 4.97. The number of nitrogen functional groups attached to an aromatic ring is 1. The van der Waals surface area contributed by atoms with Gasteiger partial charge in [-0.2, -0.15) is 0 Å². The van der Waals surface area contributed by atoms with Crippen LogP contribution in [0.4, 0.5) is 11.4 Å². The third kappa shape index (κ3) is 6.02. The molecule has 0 saturated carbocycles. The maximum atomic E-state index is 11.3. The number of benzene rings is 2. The highest BCUT2D eigenvalue weighted by atomic mass is 35.5. The monoisotopic (exact) mass is 470 g/mol. The summed E-state index contributed by atoms with van der Waals surface area (Å²) in [6.45, 7) is 0. The van der Waals surface area contributed by atoms with E-state index in [1.54, 1.807) is 0 Å². The van der Waals surface area contributed by atoms with Crippen molar-refractivity contribution < 1.29 is 21.8 Å². The largest absolute Gasteiger partial charge is 0.397 e. The number of hydrogen-bond donors (Lipinski definition) is 3. The second kappa shape index (κ2) is 9.49. The van der Waals surface area contributed by atoms with Gasteiger partial charge < -0.3 is 5.73 Å². The van der Waals surface area contributed by atoms with E-state index >= 15 is 0 Å². The normalized spacial score (nSPS) is 11.4. The Morgan fingerprint density at radius 1 is 0.893 bits per heavy atom. The number of nitrogens with one attached hydrogen (secondary N) is 2. The lowest BCUT2D eigenvalue weighted by Crippen LogP contribution is -2.18. The summed E-state index contributed by atoms with van der Waals surface area (Å²) >= 11 is 11.2. The summed E-state index contributed by atoms with van der Waals surface area (Å²) in [5.74, 6) is 0. The first kappa shape index (κ1) is 24.1. The fourth-order valence-corrected chi connectivity index (χ4v) is 3.54. The number of hydrogen-bond acceptors (Lipinski definition) is 7. The van der Waals surface area contributed by atoms with Crippen molar-refractivity contribution in [2.24, 2.45) is 0 Å². The van der Waals surface area contributed by atoms with E-state index in [2.05, 4.69) is 4.72 Å². The van der Waals surface area contributed by atoms with Gasteiger partial charge in [0, 0.05) is 6.07 Å². The fourth-order valence-electron chi connectivity index (χ4n) is 1.72. The van der Waals surface area contributed by atoms with Crippen molar-refractivity contribution in [3.63, 3.8) is 0 Å². The van der Waals surface area contributed by atoms with E-state index in [9.17, 15) is 26.9 Å². The van der Waals surface area contributed by atoms with Crippen molar-refractivity contribution >= 4 is 54.6 Å². The van der Waals surface area contributed by atoms with Crippen molar-refractivity contribution in [3.05, 3.63) is 56.6 Å². The van der Waals surface area contributed by atoms with Crippen LogP contribution in [0.1, 0.15) is 0 Å². The van der Waals surface area contributed by atoms with Crippen molar-refractivity contribution in [1.82, 2.24) is 9.44 Å². The molecule has 0 saturated heterocycles. The lowest BCUT2D eigenvalue weighted by molar-refractivity contribution is -0.384. The summed E-state index contributed by atoms with van der Waals surface area (Å²) in [5, 5.41) is 10.7. The van der Waals surface area contributed by atoms with E-state index in [0.717, 1.165) is 6.07 Å². The minimum Gasteiger partial charge on any atom is -0.397 e. The van der Waals surface area contributed by atoms with E-state index in [1.165, 1.54) is 44.4 Å². The molecule has 0 unspecified atom stereocenters. The molecule has 0 aliphatic carbocycles. The van der Waals surface area contributed by atoms with Gasteiger partial charge in [0.2, 0.25) is 20.0 Å². The summed E-state index contributed by atoms with van der Waals surface area (Å²) in [7, 11) is -4.56. The molecule has 0 aromatic heterocycles. The fraction of sp³-hybridized carbons (Fsp3) is 0.143. The number of nitro groups is 1. The van der Waals surface area contributed by atoms with Gasteiger partial charge in [0.1, 0.15) is 5.02 Å². The standard InChI is InChI=1S/C7H7ClN2O4S.C7H9ClN2O2S/c1-9-15(13,14)5-2-3-6(8)7(4-5)10(11)12;1-10-13(11,12)5-2-3-6(8)7(9)4-5/h2-4,9H,1H3;2-4,10H,9H2,1H3. The quantitative estimate of drug-likeness (QED) is 0.341. The van der Waals surface area contributed by atoms with Crippen LogP contribution in [0.2, 0.25) is 10.0 Å². The Hall–Kier alpha value is -1.96. The Bertz CT molecular complexity index is 1090. The molecule has 0 fully saturated rings. The molecule has 10 nitrogen and oxygen atoms in total. The summed E-state index contributed by atoms with van der Waals surface area (Å²) < 4.78 is 49.4. The van der Waals surface area contributed by atoms with Gasteiger partial charge in [0.05, 0.1) is 25.4 Å². The van der Waals surface area contributed by atoms with Gasteiger partial charge in [-0.3, -0.25) is 10.1 Å². The van der Waals surface area contributed by atoms with Gasteiger partial charge in [-0.25, -0.2) is 26.3 Å². The molecule has 0 heterocycles. The van der Waals surface area contributed by atoms with Crippen LogP contribution in [0.5, 0.6) is 0 Å². The summed E-state index contributed by atoms with van der Waals surface area (Å²) in [5.41, 5.74) is 5.26. The average Bonchev–Trinajstić information content (AvgIpc) is 2.64. The van der Waals surface area contributed by atoms with E-state index in [-0.39, 0.29) is 20.5 Å². The highest BCUT2D eigenvalue weighted by molar-refractivity contribution is 7.89. The number of nitro benzene ring substituents is 1. The van der Waals surface area contributed by atoms with Gasteiger partial charge in [0.25, 0.3) is 5.69 Å². The summed E-state index contributed by atoms with van der Waals surface area (Å²) in [4.78, 5) is 9.67. The average molecular weight is 471 g/mol. The zero-order chi connectivity index (χ0) is 21.7. The summed E-state index contributed by atoms with van der Waals surface area (Å²) in [6, 6.07) is 7.43. The van der Waals surface area contributed by atoms with Crippen LogP contribution in [-0.4, -0.2) is 35.9 Å². The molecule has 154 valence electrons. The lowest BCUT2D eigenvalue weighted by Gasteiger charge is -2.03. The minimum atomic E-state index is -3.68. The van der Waals surface area contributed by atoms with Crippen molar-refractivity contribution in [2.45, 2.75) is 9.79 Å². The molecule has 0 amide bonds. The number of nitrogens with two attached hydrogens (primary N) is 1. The summed E-state index contributed by atoms with van der Waals surface area (Å²) in [6.07, 6.45) is 0. The van der Waals surface area contributed by atoms with Crippen LogP contribution < -0.4 is 15.2 Å². The highest BCUT2D eigenvalue weighted by Crippen LogP contribution is 2.26. The molecule has 0 spiro atoms. The number of halogens is 2. The van der Waals surface area contributed by atoms with Crippen LogP contribution in [0.15, 0.2) is 46.2 Å². The van der Waals surface area contributed by atoms with Crippen molar-refractivity contribution in [2.75, 3.05) is 19.8 Å². The predicted octanol–water partition coefficient (Wildman–Crippen LogP) is 1.99. The predicted molar refractivity (Wildman–Crippen MR) is 106 cm³/mol. The third-order valence-corrected chi connectivity index (χ3v) is 6.73. The second-order valence-corrected chi connectivity index (χ2v) is 9.56. The highest BCUT2D eigenvalue weighted by Gasteiger charge is 2.19. The molecular formula is C14H16Cl2N4O6S2. The SMILES string of the molecule is CNS(=O)(=O)c1ccc(Cl)c(N)c1.CNS(=O)(=O)c1ccc(Cl)c([N+](=O)[O-])c1.